The van der Waals surface area contributed by atoms with Crippen LogP contribution in [0.4, 0.5) is 0 Å². The molecule has 2 aliphatic rings. The van der Waals surface area contributed by atoms with Crippen molar-refractivity contribution in [3.8, 4) is 22.6 Å². The van der Waals surface area contributed by atoms with Crippen molar-refractivity contribution in [2.45, 2.75) is 90.2 Å². The summed E-state index contributed by atoms with van der Waals surface area (Å²) in [5.41, 5.74) is 2.75. The van der Waals surface area contributed by atoms with Crippen LogP contribution < -0.4 is 20.1 Å². The zero-order valence-corrected chi connectivity index (χ0v) is 21.5. The standard InChI is InChI=1S/C26H36O2P2/c1-9-21-27-19-15-11-13-17(23(19)29(21)25(3,4)5)18-14-12-16-20-24(18)30(26(6,7)8)22(10-2)28-20/h11-16,21-22H,9-10H2,1-8H3/t21-,22-,29-,30+/m1/s1. The van der Waals surface area contributed by atoms with Gasteiger partial charge in [0.2, 0.25) is 0 Å². The highest BCUT2D eigenvalue weighted by atomic mass is 31.1. The lowest BCUT2D eigenvalue weighted by atomic mass is 10.0. The summed E-state index contributed by atoms with van der Waals surface area (Å²) in [7, 11) is -0.859. The normalized spacial score (nSPS) is 25.5. The molecule has 30 heavy (non-hydrogen) atoms. The van der Waals surface area contributed by atoms with Crippen LogP contribution in [0.5, 0.6) is 11.5 Å². The molecule has 4 rings (SSSR count). The van der Waals surface area contributed by atoms with Crippen LogP contribution in [-0.2, 0) is 0 Å². The van der Waals surface area contributed by atoms with Gasteiger partial charge in [-0.2, -0.15) is 0 Å². The number of fused-ring (bicyclic) bond motifs is 2. The van der Waals surface area contributed by atoms with Gasteiger partial charge in [0.1, 0.15) is 23.2 Å². The van der Waals surface area contributed by atoms with Gasteiger partial charge < -0.3 is 9.47 Å². The fourth-order valence-corrected chi connectivity index (χ4v) is 11.4. The molecule has 0 saturated carbocycles. The third-order valence-corrected chi connectivity index (χ3v) is 12.9. The van der Waals surface area contributed by atoms with Crippen molar-refractivity contribution < 1.29 is 9.47 Å². The second-order valence-corrected chi connectivity index (χ2v) is 16.6. The Morgan fingerprint density at radius 2 is 1.03 bits per heavy atom. The molecule has 0 radical (unpaired) electrons. The van der Waals surface area contributed by atoms with Crippen molar-refractivity contribution >= 4 is 26.5 Å². The Bertz CT molecular complexity index is 862. The molecule has 2 aliphatic heterocycles. The van der Waals surface area contributed by atoms with Crippen LogP contribution in [-0.4, -0.2) is 22.0 Å². The maximum Gasteiger partial charge on any atom is 0.128 e. The van der Waals surface area contributed by atoms with Gasteiger partial charge in [0.05, 0.1) is 0 Å². The summed E-state index contributed by atoms with van der Waals surface area (Å²) in [6.45, 7) is 18.8. The van der Waals surface area contributed by atoms with Crippen LogP contribution in [0.3, 0.4) is 0 Å². The topological polar surface area (TPSA) is 18.5 Å². The molecule has 0 amide bonds. The minimum atomic E-state index is -0.429. The second kappa shape index (κ2) is 7.79. The van der Waals surface area contributed by atoms with Crippen LogP contribution >= 0.6 is 15.8 Å². The van der Waals surface area contributed by atoms with Crippen molar-refractivity contribution in [3.63, 3.8) is 0 Å². The first-order chi connectivity index (χ1) is 14.1. The quantitative estimate of drug-likeness (QED) is 0.461. The predicted molar refractivity (Wildman–Crippen MR) is 134 cm³/mol. The Balaban J connectivity index is 1.95. The molecular weight excluding hydrogens is 406 g/mol. The SMILES string of the molecule is CC[C@@H]1Oc2cccc(-c3cccc4c3[P@](C(C)(C)C)[C@H](CC)O4)c2[P@@]1C(C)(C)C. The summed E-state index contributed by atoms with van der Waals surface area (Å²) >= 11 is 0. The highest BCUT2D eigenvalue weighted by Gasteiger charge is 2.45. The summed E-state index contributed by atoms with van der Waals surface area (Å²) in [4.78, 5) is 0. The molecule has 0 saturated heterocycles. The van der Waals surface area contributed by atoms with Crippen molar-refractivity contribution in [2.75, 3.05) is 0 Å². The van der Waals surface area contributed by atoms with Gasteiger partial charge in [-0.1, -0.05) is 79.7 Å². The van der Waals surface area contributed by atoms with E-state index in [9.17, 15) is 0 Å². The van der Waals surface area contributed by atoms with E-state index in [4.69, 9.17) is 9.47 Å². The first-order valence-electron chi connectivity index (χ1n) is 11.3. The van der Waals surface area contributed by atoms with Crippen LogP contribution in [0.2, 0.25) is 0 Å². The molecule has 0 spiro atoms. The van der Waals surface area contributed by atoms with Gasteiger partial charge in [0.15, 0.2) is 0 Å². The Morgan fingerprint density at radius 3 is 1.33 bits per heavy atom. The molecule has 0 N–H and O–H groups in total. The molecule has 162 valence electrons. The van der Waals surface area contributed by atoms with E-state index in [1.807, 2.05) is 0 Å². The highest BCUT2D eigenvalue weighted by Crippen LogP contribution is 2.63. The van der Waals surface area contributed by atoms with Crippen LogP contribution in [0.25, 0.3) is 11.1 Å². The maximum absolute atomic E-state index is 6.52. The molecule has 2 nitrogen and oxygen atoms in total. The molecule has 0 aliphatic carbocycles. The lowest BCUT2D eigenvalue weighted by molar-refractivity contribution is 0.288. The first kappa shape index (κ1) is 22.1. The average Bonchev–Trinajstić information content (AvgIpc) is 3.24. The van der Waals surface area contributed by atoms with Gasteiger partial charge in [-0.05, 0) is 62.3 Å². The fourth-order valence-electron chi connectivity index (χ4n) is 4.92. The minimum Gasteiger partial charge on any atom is -0.485 e. The van der Waals surface area contributed by atoms with E-state index in [2.05, 4.69) is 91.8 Å². The zero-order chi connectivity index (χ0) is 21.8. The van der Waals surface area contributed by atoms with E-state index in [-0.39, 0.29) is 10.3 Å². The Kier molecular flexibility index (Phi) is 5.74. The predicted octanol–water partition coefficient (Wildman–Crippen LogP) is 7.42. The summed E-state index contributed by atoms with van der Waals surface area (Å²) in [5, 5.41) is 3.33. The second-order valence-electron chi connectivity index (χ2n) is 10.3. The van der Waals surface area contributed by atoms with Crippen LogP contribution in [0, 0.1) is 0 Å². The van der Waals surface area contributed by atoms with Crippen molar-refractivity contribution in [3.05, 3.63) is 36.4 Å². The van der Waals surface area contributed by atoms with Crippen molar-refractivity contribution in [1.29, 1.82) is 0 Å². The molecular formula is C26H36O2P2. The number of ether oxygens (including phenoxy) is 2. The molecule has 0 aromatic heterocycles. The van der Waals surface area contributed by atoms with E-state index in [1.54, 1.807) is 0 Å². The molecule has 0 bridgehead atoms. The van der Waals surface area contributed by atoms with Crippen LogP contribution in [0.15, 0.2) is 36.4 Å². The van der Waals surface area contributed by atoms with Gasteiger partial charge in [0, 0.05) is 10.6 Å². The van der Waals surface area contributed by atoms with Gasteiger partial charge in [-0.25, -0.2) is 0 Å². The Labute approximate surface area is 185 Å². The number of hydrogen-bond donors (Lipinski definition) is 0. The lowest BCUT2D eigenvalue weighted by Gasteiger charge is -2.34. The maximum atomic E-state index is 6.52. The average molecular weight is 443 g/mol. The monoisotopic (exact) mass is 442 g/mol. The smallest absolute Gasteiger partial charge is 0.128 e. The summed E-state index contributed by atoms with van der Waals surface area (Å²) < 4.78 is 13.0. The van der Waals surface area contributed by atoms with Gasteiger partial charge in [-0.3, -0.25) is 0 Å². The van der Waals surface area contributed by atoms with E-state index >= 15 is 0 Å². The van der Waals surface area contributed by atoms with Crippen LogP contribution in [0.1, 0.15) is 68.2 Å². The molecule has 0 fully saturated rings. The Hall–Kier alpha value is -1.10. The summed E-state index contributed by atoms with van der Waals surface area (Å²) in [6.07, 6.45) is 2.11. The van der Waals surface area contributed by atoms with Crippen molar-refractivity contribution in [1.82, 2.24) is 0 Å². The van der Waals surface area contributed by atoms with Gasteiger partial charge in [0.25, 0.3) is 0 Å². The van der Waals surface area contributed by atoms with E-state index in [1.165, 1.54) is 21.7 Å². The fraction of sp³-hybridized carbons (Fsp3) is 0.538. The summed E-state index contributed by atoms with van der Waals surface area (Å²) in [6, 6.07) is 13.4. The van der Waals surface area contributed by atoms with E-state index < -0.39 is 15.8 Å². The van der Waals surface area contributed by atoms with Crippen molar-refractivity contribution in [2.24, 2.45) is 0 Å². The van der Waals surface area contributed by atoms with E-state index in [0.29, 0.717) is 11.7 Å². The third-order valence-electron chi connectivity index (χ3n) is 6.02. The molecule has 0 unspecified atom stereocenters. The molecule has 2 aromatic rings. The largest absolute Gasteiger partial charge is 0.485 e. The molecule has 4 atom stereocenters. The lowest BCUT2D eigenvalue weighted by Crippen LogP contribution is -2.26. The Morgan fingerprint density at radius 1 is 0.667 bits per heavy atom. The summed E-state index contributed by atoms with van der Waals surface area (Å²) in [5.74, 6) is 2.81. The first-order valence-corrected chi connectivity index (χ1v) is 14.1. The highest BCUT2D eigenvalue weighted by molar-refractivity contribution is 7.69. The zero-order valence-electron chi connectivity index (χ0n) is 19.7. The van der Waals surface area contributed by atoms with Gasteiger partial charge >= 0.3 is 0 Å². The van der Waals surface area contributed by atoms with E-state index in [0.717, 1.165) is 24.3 Å². The molecule has 4 heteroatoms. The molecule has 2 aromatic carbocycles. The van der Waals surface area contributed by atoms with Gasteiger partial charge in [-0.15, -0.1) is 0 Å². The molecule has 2 heterocycles. The number of benzene rings is 2. The minimum absolute atomic E-state index is 0.201. The number of rotatable bonds is 3. The number of hydrogen-bond acceptors (Lipinski definition) is 2. The third kappa shape index (κ3) is 3.59.